The van der Waals surface area contributed by atoms with Crippen LogP contribution in [0.25, 0.3) is 0 Å². The number of carbonyl (C=O) groups excluding carboxylic acids is 2. The summed E-state index contributed by atoms with van der Waals surface area (Å²) < 4.78 is 0. The molecule has 2 aromatic rings. The molecule has 2 aromatic carbocycles. The Morgan fingerprint density at radius 2 is 1.64 bits per heavy atom. The van der Waals surface area contributed by atoms with Crippen LogP contribution >= 0.6 is 0 Å². The highest BCUT2D eigenvalue weighted by atomic mass is 16.3. The maximum absolute atomic E-state index is 12.1. The number of hydrogen-bond donors (Lipinski definition) is 4. The smallest absolute Gasteiger partial charge is 0.269 e. The van der Waals surface area contributed by atoms with Gasteiger partial charge in [0.2, 0.25) is 5.91 Å². The predicted molar refractivity (Wildman–Crippen MR) is 84.2 cm³/mol. The molecule has 2 rings (SSSR count). The predicted octanol–water partition coefficient (Wildman–Crippen LogP) is 1.89. The van der Waals surface area contributed by atoms with E-state index < -0.39 is 0 Å². The molecule has 0 atom stereocenters. The molecule has 0 aliphatic rings. The molecular weight excluding hydrogens is 282 g/mol. The van der Waals surface area contributed by atoms with Gasteiger partial charge in [-0.3, -0.25) is 20.4 Å². The summed E-state index contributed by atoms with van der Waals surface area (Å²) in [6.07, 6.45) is 0. The summed E-state index contributed by atoms with van der Waals surface area (Å²) in [6, 6.07) is 13.7. The third-order valence-corrected chi connectivity index (χ3v) is 2.96. The number of anilines is 2. The van der Waals surface area contributed by atoms with Crippen LogP contribution in [0.3, 0.4) is 0 Å². The first-order valence-electron chi connectivity index (χ1n) is 6.73. The lowest BCUT2D eigenvalue weighted by Crippen LogP contribution is -2.30. The Balaban J connectivity index is 1.97. The Labute approximate surface area is 128 Å². The summed E-state index contributed by atoms with van der Waals surface area (Å²) in [5.41, 5.74) is 7.66. The Hall–Kier alpha value is -2.86. The fourth-order valence-electron chi connectivity index (χ4n) is 1.92. The maximum Gasteiger partial charge on any atom is 0.269 e. The summed E-state index contributed by atoms with van der Waals surface area (Å²) in [4.78, 5) is 23.0. The highest BCUT2D eigenvalue weighted by Crippen LogP contribution is 2.13. The Morgan fingerprint density at radius 1 is 1.00 bits per heavy atom. The van der Waals surface area contributed by atoms with E-state index in [2.05, 4.69) is 16.2 Å². The molecule has 0 radical (unpaired) electrons. The van der Waals surface area contributed by atoms with Gasteiger partial charge in [0.1, 0.15) is 0 Å². The summed E-state index contributed by atoms with van der Waals surface area (Å²) in [5.74, 6) is -0.481. The second kappa shape index (κ2) is 7.24. The molecule has 6 nitrogen and oxygen atoms in total. The van der Waals surface area contributed by atoms with E-state index in [1.54, 1.807) is 48.5 Å². The van der Waals surface area contributed by atoms with Crippen molar-refractivity contribution in [3.63, 3.8) is 0 Å². The van der Waals surface area contributed by atoms with Crippen LogP contribution in [0.15, 0.2) is 48.5 Å². The SMILES string of the molecule is CC(=O)Nc1ccc(NNC(=O)c2ccccc2CO)cc1. The lowest BCUT2D eigenvalue weighted by Gasteiger charge is -2.11. The lowest BCUT2D eigenvalue weighted by atomic mass is 10.1. The second-order valence-corrected chi connectivity index (χ2v) is 4.65. The normalized spacial score (nSPS) is 9.91. The first-order valence-corrected chi connectivity index (χ1v) is 6.73. The largest absolute Gasteiger partial charge is 0.392 e. The fraction of sp³-hybridized carbons (Fsp3) is 0.125. The van der Waals surface area contributed by atoms with Crippen molar-refractivity contribution in [2.24, 2.45) is 0 Å². The van der Waals surface area contributed by atoms with Gasteiger partial charge in [-0.05, 0) is 35.9 Å². The second-order valence-electron chi connectivity index (χ2n) is 4.65. The number of benzene rings is 2. The molecule has 22 heavy (non-hydrogen) atoms. The van der Waals surface area contributed by atoms with Gasteiger partial charge in [-0.1, -0.05) is 18.2 Å². The Kier molecular flexibility index (Phi) is 5.11. The van der Waals surface area contributed by atoms with Crippen molar-refractivity contribution in [2.75, 3.05) is 10.7 Å². The van der Waals surface area contributed by atoms with Crippen LogP contribution in [0.2, 0.25) is 0 Å². The Morgan fingerprint density at radius 3 is 2.27 bits per heavy atom. The molecular formula is C16H17N3O3. The van der Waals surface area contributed by atoms with E-state index in [9.17, 15) is 14.7 Å². The van der Waals surface area contributed by atoms with Crippen LogP contribution in [-0.4, -0.2) is 16.9 Å². The summed E-state index contributed by atoms with van der Waals surface area (Å²) in [6.45, 7) is 1.24. The number of hydrazine groups is 1. The third-order valence-electron chi connectivity index (χ3n) is 2.96. The van der Waals surface area contributed by atoms with Crippen LogP contribution in [0.1, 0.15) is 22.8 Å². The molecule has 0 heterocycles. The molecule has 0 aromatic heterocycles. The van der Waals surface area contributed by atoms with Crippen molar-refractivity contribution in [2.45, 2.75) is 13.5 Å². The van der Waals surface area contributed by atoms with Gasteiger partial charge in [-0.25, -0.2) is 0 Å². The van der Waals surface area contributed by atoms with E-state index in [0.29, 0.717) is 22.5 Å². The van der Waals surface area contributed by atoms with E-state index in [1.807, 2.05) is 0 Å². The number of aliphatic hydroxyl groups excluding tert-OH is 1. The van der Waals surface area contributed by atoms with Gasteiger partial charge >= 0.3 is 0 Å². The maximum atomic E-state index is 12.1. The van der Waals surface area contributed by atoms with Crippen molar-refractivity contribution in [3.05, 3.63) is 59.7 Å². The molecule has 2 amide bonds. The van der Waals surface area contributed by atoms with E-state index >= 15 is 0 Å². The van der Waals surface area contributed by atoms with E-state index in [-0.39, 0.29) is 18.4 Å². The quantitative estimate of drug-likeness (QED) is 0.635. The van der Waals surface area contributed by atoms with E-state index in [1.165, 1.54) is 6.92 Å². The number of carbonyl (C=O) groups is 2. The van der Waals surface area contributed by atoms with E-state index in [4.69, 9.17) is 0 Å². The van der Waals surface area contributed by atoms with Gasteiger partial charge in [-0.2, -0.15) is 0 Å². The summed E-state index contributed by atoms with van der Waals surface area (Å²) in [5, 5.41) is 11.9. The van der Waals surface area contributed by atoms with Gasteiger partial charge in [0.05, 0.1) is 12.3 Å². The molecule has 0 spiro atoms. The average molecular weight is 299 g/mol. The number of amides is 2. The van der Waals surface area contributed by atoms with Gasteiger partial charge in [0.15, 0.2) is 0 Å². The lowest BCUT2D eigenvalue weighted by molar-refractivity contribution is -0.114. The van der Waals surface area contributed by atoms with Crippen LogP contribution in [0.4, 0.5) is 11.4 Å². The number of rotatable bonds is 5. The number of hydrogen-bond acceptors (Lipinski definition) is 4. The molecule has 0 bridgehead atoms. The topological polar surface area (TPSA) is 90.5 Å². The van der Waals surface area contributed by atoms with Crippen molar-refractivity contribution in [1.29, 1.82) is 0 Å². The molecule has 114 valence electrons. The molecule has 0 aliphatic carbocycles. The minimum atomic E-state index is -0.337. The number of nitrogens with one attached hydrogen (secondary N) is 3. The molecule has 0 fully saturated rings. The van der Waals surface area contributed by atoms with Crippen LogP contribution < -0.4 is 16.2 Å². The number of aliphatic hydroxyl groups is 1. The monoisotopic (exact) mass is 299 g/mol. The van der Waals surface area contributed by atoms with Crippen molar-refractivity contribution >= 4 is 23.2 Å². The zero-order valence-electron chi connectivity index (χ0n) is 12.1. The van der Waals surface area contributed by atoms with Crippen molar-refractivity contribution in [1.82, 2.24) is 5.43 Å². The van der Waals surface area contributed by atoms with Crippen molar-refractivity contribution < 1.29 is 14.7 Å². The average Bonchev–Trinajstić information content (AvgIpc) is 2.53. The van der Waals surface area contributed by atoms with Gasteiger partial charge in [-0.15, -0.1) is 0 Å². The molecule has 6 heteroatoms. The Bertz CT molecular complexity index is 669. The standard InChI is InChI=1S/C16H17N3O3/c1-11(21)17-13-6-8-14(9-7-13)18-19-16(22)15-5-3-2-4-12(15)10-20/h2-9,18,20H,10H2,1H3,(H,17,21)(H,19,22). The zero-order chi connectivity index (χ0) is 15.9. The highest BCUT2D eigenvalue weighted by molar-refractivity contribution is 5.96. The van der Waals surface area contributed by atoms with Gasteiger partial charge in [0, 0.05) is 18.2 Å². The van der Waals surface area contributed by atoms with Crippen LogP contribution in [0, 0.1) is 0 Å². The molecule has 0 unspecified atom stereocenters. The molecule has 0 aliphatic heterocycles. The first kappa shape index (κ1) is 15.5. The van der Waals surface area contributed by atoms with Gasteiger partial charge in [0.25, 0.3) is 5.91 Å². The minimum Gasteiger partial charge on any atom is -0.392 e. The molecule has 0 saturated heterocycles. The zero-order valence-corrected chi connectivity index (χ0v) is 12.1. The molecule has 0 saturated carbocycles. The fourth-order valence-corrected chi connectivity index (χ4v) is 1.92. The summed E-state index contributed by atoms with van der Waals surface area (Å²) in [7, 11) is 0. The van der Waals surface area contributed by atoms with Crippen LogP contribution in [0.5, 0.6) is 0 Å². The molecule has 4 N–H and O–H groups in total. The third kappa shape index (κ3) is 4.07. The minimum absolute atomic E-state index is 0.144. The van der Waals surface area contributed by atoms with Gasteiger partial charge < -0.3 is 10.4 Å². The highest BCUT2D eigenvalue weighted by Gasteiger charge is 2.09. The van der Waals surface area contributed by atoms with Crippen molar-refractivity contribution in [3.8, 4) is 0 Å². The first-order chi connectivity index (χ1) is 10.6. The van der Waals surface area contributed by atoms with Crippen LogP contribution in [-0.2, 0) is 11.4 Å². The summed E-state index contributed by atoms with van der Waals surface area (Å²) >= 11 is 0. The van der Waals surface area contributed by atoms with E-state index in [0.717, 1.165) is 0 Å².